The molecule has 2 heterocycles. The van der Waals surface area contributed by atoms with Gasteiger partial charge in [0.05, 0.1) is 21.6 Å². The smallest absolute Gasteiger partial charge is 0.296 e. The van der Waals surface area contributed by atoms with Crippen molar-refractivity contribution in [3.05, 3.63) is 90.0 Å². The summed E-state index contributed by atoms with van der Waals surface area (Å²) in [6.07, 6.45) is -1.33. The van der Waals surface area contributed by atoms with Crippen LogP contribution in [0.3, 0.4) is 0 Å². The lowest BCUT2D eigenvalue weighted by Gasteiger charge is -2.21. The van der Waals surface area contributed by atoms with Crippen molar-refractivity contribution in [2.75, 3.05) is 16.1 Å². The van der Waals surface area contributed by atoms with Gasteiger partial charge < -0.3 is 16.2 Å². The molecule has 2 atom stereocenters. The van der Waals surface area contributed by atoms with Gasteiger partial charge in [0.1, 0.15) is 20.5 Å². The Hall–Kier alpha value is -5.11. The molecule has 6 N–H and O–H groups in total. The summed E-state index contributed by atoms with van der Waals surface area (Å²) in [4.78, 5) is 16.3. The van der Waals surface area contributed by atoms with Gasteiger partial charge >= 0.3 is 0 Å². The molecule has 0 saturated heterocycles. The highest BCUT2D eigenvalue weighted by Gasteiger charge is 2.35. The second-order valence-corrected chi connectivity index (χ2v) is 14.7. The fraction of sp³-hybridized carbons (Fsp3) is 0.129. The zero-order valence-corrected chi connectivity index (χ0v) is 28.0. The molecule has 0 spiro atoms. The van der Waals surface area contributed by atoms with Crippen molar-refractivity contribution in [1.82, 2.24) is 4.98 Å². The third-order valence-corrected chi connectivity index (χ3v) is 10.7. The van der Waals surface area contributed by atoms with Crippen molar-refractivity contribution in [3.8, 4) is 10.6 Å². The second kappa shape index (κ2) is 12.7. The number of aryl methyl sites for hydroxylation is 1. The van der Waals surface area contributed by atoms with Crippen LogP contribution in [0.4, 0.5) is 22.7 Å². The van der Waals surface area contributed by atoms with Gasteiger partial charge in [-0.1, -0.05) is 12.1 Å². The Morgan fingerprint density at radius 2 is 1.69 bits per heavy atom. The zero-order valence-electron chi connectivity index (χ0n) is 25.6. The van der Waals surface area contributed by atoms with Crippen LogP contribution < -0.4 is 16.1 Å². The quantitative estimate of drug-likeness (QED) is 0.0786. The summed E-state index contributed by atoms with van der Waals surface area (Å²) in [6.45, 7) is 3.19. The van der Waals surface area contributed by atoms with Crippen molar-refractivity contribution in [3.63, 3.8) is 0 Å². The number of aromatic nitrogens is 1. The van der Waals surface area contributed by atoms with Gasteiger partial charge in [-0.15, -0.1) is 11.3 Å². The van der Waals surface area contributed by atoms with Crippen LogP contribution in [0.5, 0.6) is 0 Å². The van der Waals surface area contributed by atoms with E-state index in [0.717, 1.165) is 17.4 Å². The standard InChI is InChI=1S/C31H27N7O8S3/c1-16-6-12-24-27(28(16)49(44,45)46)47-30(34-24)18-7-10-22(11-8-18)38-31(40)26(17(2)37-38)36-35-23-13-9-21(15-25(23)48(41,42)43)33-29(39)19-4-3-5-20(32)14-19/h3-15,26,31,40H,32H2,1-2H3,(H,33,39)(H,41,42,43)(H,44,45,46). The summed E-state index contributed by atoms with van der Waals surface area (Å²) < 4.78 is 68.4. The Morgan fingerprint density at radius 1 is 0.959 bits per heavy atom. The number of hydrogen-bond acceptors (Lipinski definition) is 13. The Morgan fingerprint density at radius 3 is 2.37 bits per heavy atom. The first-order valence-electron chi connectivity index (χ1n) is 14.3. The van der Waals surface area contributed by atoms with E-state index in [-0.39, 0.29) is 21.8 Å². The number of anilines is 3. The third kappa shape index (κ3) is 6.91. The topological polar surface area (TPSA) is 237 Å². The highest BCUT2D eigenvalue weighted by Crippen LogP contribution is 2.37. The van der Waals surface area contributed by atoms with Gasteiger partial charge in [-0.25, -0.2) is 9.99 Å². The Kier molecular flexibility index (Phi) is 8.78. The lowest BCUT2D eigenvalue weighted by Crippen LogP contribution is -2.35. The van der Waals surface area contributed by atoms with E-state index in [2.05, 4.69) is 25.6 Å². The number of carbonyl (C=O) groups excluding carboxylic acids is 1. The molecule has 49 heavy (non-hydrogen) atoms. The molecule has 5 aromatic rings. The minimum atomic E-state index is -4.81. The SMILES string of the molecule is CC1=NN(c2ccc(-c3nc4ccc(C)c(S(=O)(=O)O)c4s3)cc2)C(O)C1N=Nc1ccc(NC(=O)c2cccc(N)c2)cc1S(=O)(=O)O. The van der Waals surface area contributed by atoms with Crippen LogP contribution in [0.25, 0.3) is 20.8 Å². The number of nitrogens with two attached hydrogens (primary N) is 1. The molecule has 4 aromatic carbocycles. The molecule has 0 bridgehead atoms. The van der Waals surface area contributed by atoms with Crippen molar-refractivity contribution < 1.29 is 35.8 Å². The van der Waals surface area contributed by atoms with Gasteiger partial charge in [0, 0.05) is 22.5 Å². The van der Waals surface area contributed by atoms with Crippen molar-refractivity contribution in [2.24, 2.45) is 15.3 Å². The van der Waals surface area contributed by atoms with Crippen LogP contribution in [0.15, 0.2) is 104 Å². The molecule has 1 aliphatic rings. The molecule has 6 rings (SSSR count). The molecule has 15 nitrogen and oxygen atoms in total. The number of aliphatic hydroxyl groups is 1. The van der Waals surface area contributed by atoms with Crippen LogP contribution in [0.2, 0.25) is 0 Å². The van der Waals surface area contributed by atoms with Gasteiger partial charge in [-0.3, -0.25) is 13.9 Å². The maximum atomic E-state index is 12.6. The number of amides is 1. The highest BCUT2D eigenvalue weighted by atomic mass is 32.2. The fourth-order valence-electron chi connectivity index (χ4n) is 5.15. The maximum Gasteiger partial charge on any atom is 0.296 e. The molecular formula is C31H27N7O8S3. The summed E-state index contributed by atoms with van der Waals surface area (Å²) in [6, 6.07) is 18.8. The van der Waals surface area contributed by atoms with E-state index in [0.29, 0.717) is 43.4 Å². The van der Waals surface area contributed by atoms with E-state index in [1.54, 1.807) is 62.4 Å². The fourth-order valence-corrected chi connectivity index (χ4v) is 8.11. The van der Waals surface area contributed by atoms with E-state index in [4.69, 9.17) is 5.73 Å². The summed E-state index contributed by atoms with van der Waals surface area (Å²) in [5, 5.41) is 28.0. The minimum Gasteiger partial charge on any atom is -0.399 e. The van der Waals surface area contributed by atoms with E-state index in [1.165, 1.54) is 29.3 Å². The molecule has 0 radical (unpaired) electrons. The van der Waals surface area contributed by atoms with Crippen molar-refractivity contribution in [2.45, 2.75) is 35.9 Å². The normalized spacial score (nSPS) is 16.8. The largest absolute Gasteiger partial charge is 0.399 e. The van der Waals surface area contributed by atoms with Crippen LogP contribution in [0, 0.1) is 6.92 Å². The van der Waals surface area contributed by atoms with Crippen LogP contribution in [0.1, 0.15) is 22.8 Å². The van der Waals surface area contributed by atoms with E-state index in [9.17, 15) is 35.8 Å². The number of thiazole rings is 1. The lowest BCUT2D eigenvalue weighted by atomic mass is 10.1. The van der Waals surface area contributed by atoms with Crippen LogP contribution in [-0.2, 0) is 20.2 Å². The Balaban J connectivity index is 1.21. The molecule has 1 aliphatic heterocycles. The van der Waals surface area contributed by atoms with Gasteiger partial charge in [0.2, 0.25) is 0 Å². The van der Waals surface area contributed by atoms with E-state index < -0.39 is 43.3 Å². The molecule has 0 aliphatic carbocycles. The Bertz CT molecular complexity index is 2410. The number of azo groups is 1. The van der Waals surface area contributed by atoms with Crippen LogP contribution in [-0.4, -0.2) is 59.9 Å². The Labute approximate surface area is 284 Å². The molecule has 1 amide bonds. The lowest BCUT2D eigenvalue weighted by molar-refractivity contribution is 0.102. The van der Waals surface area contributed by atoms with Gasteiger partial charge in [-0.2, -0.15) is 32.2 Å². The number of nitrogen functional groups attached to an aromatic ring is 1. The first kappa shape index (κ1) is 33.8. The molecule has 18 heteroatoms. The van der Waals surface area contributed by atoms with Gasteiger partial charge in [0.15, 0.2) is 12.3 Å². The number of hydrogen-bond donors (Lipinski definition) is 5. The monoisotopic (exact) mass is 721 g/mol. The molecule has 252 valence electrons. The number of carbonyl (C=O) groups is 1. The predicted molar refractivity (Wildman–Crippen MR) is 185 cm³/mol. The van der Waals surface area contributed by atoms with E-state index in [1.807, 2.05) is 0 Å². The first-order valence-corrected chi connectivity index (χ1v) is 18.0. The molecule has 0 fully saturated rings. The number of nitrogens with zero attached hydrogens (tertiary/aromatic N) is 5. The molecule has 2 unspecified atom stereocenters. The molecular weight excluding hydrogens is 695 g/mol. The summed E-state index contributed by atoms with van der Waals surface area (Å²) in [5.41, 5.74) is 8.45. The first-order chi connectivity index (χ1) is 23.1. The maximum absolute atomic E-state index is 12.6. The van der Waals surface area contributed by atoms with Gasteiger partial charge in [-0.05, 0) is 86.1 Å². The summed E-state index contributed by atoms with van der Waals surface area (Å²) >= 11 is 1.11. The van der Waals surface area contributed by atoms with E-state index >= 15 is 0 Å². The number of rotatable bonds is 8. The number of benzene rings is 4. The number of hydrazone groups is 1. The molecule has 1 aromatic heterocycles. The third-order valence-electron chi connectivity index (χ3n) is 7.51. The minimum absolute atomic E-state index is 0.0621. The van der Waals surface area contributed by atoms with Crippen LogP contribution >= 0.6 is 11.3 Å². The number of aliphatic hydroxyl groups excluding tert-OH is 1. The average Bonchev–Trinajstić information content (AvgIpc) is 3.59. The van der Waals surface area contributed by atoms with Crippen molar-refractivity contribution >= 4 is 76.2 Å². The number of fused-ring (bicyclic) bond motifs is 1. The second-order valence-electron chi connectivity index (χ2n) is 11.0. The van der Waals surface area contributed by atoms with Crippen molar-refractivity contribution in [1.29, 1.82) is 0 Å². The predicted octanol–water partition coefficient (Wildman–Crippen LogP) is 5.27. The highest BCUT2D eigenvalue weighted by molar-refractivity contribution is 7.86. The zero-order chi connectivity index (χ0) is 35.2. The summed E-state index contributed by atoms with van der Waals surface area (Å²) in [7, 11) is -9.28. The summed E-state index contributed by atoms with van der Waals surface area (Å²) in [5.74, 6) is -0.557. The average molecular weight is 722 g/mol. The van der Waals surface area contributed by atoms with Gasteiger partial charge in [0.25, 0.3) is 26.1 Å². The number of nitrogens with one attached hydrogen (secondary N) is 1. The molecule has 0 saturated carbocycles.